The van der Waals surface area contributed by atoms with E-state index in [1.807, 2.05) is 30.3 Å². The van der Waals surface area contributed by atoms with Crippen LogP contribution < -0.4 is 16.0 Å². The smallest absolute Gasteiger partial charge is 0.321 e. The summed E-state index contributed by atoms with van der Waals surface area (Å²) in [4.78, 5) is 35.1. The molecular formula is C17H25N3O3. The van der Waals surface area contributed by atoms with Gasteiger partial charge in [-0.2, -0.15) is 0 Å². The zero-order chi connectivity index (χ0) is 17.1. The lowest BCUT2D eigenvalue weighted by molar-refractivity contribution is -0.127. The lowest BCUT2D eigenvalue weighted by Crippen LogP contribution is -2.50. The van der Waals surface area contributed by atoms with E-state index >= 15 is 0 Å². The molecule has 0 bridgehead atoms. The van der Waals surface area contributed by atoms with Gasteiger partial charge < -0.3 is 10.6 Å². The van der Waals surface area contributed by atoms with Gasteiger partial charge in [-0.15, -0.1) is 0 Å². The number of hydrogen-bond donors (Lipinski definition) is 3. The van der Waals surface area contributed by atoms with Crippen LogP contribution in [0.25, 0.3) is 0 Å². The molecule has 3 N–H and O–H groups in total. The summed E-state index contributed by atoms with van der Waals surface area (Å²) in [5, 5.41) is 7.49. The normalized spacial score (nSPS) is 11.4. The Balaban J connectivity index is 2.45. The first-order valence-corrected chi connectivity index (χ1v) is 7.92. The zero-order valence-corrected chi connectivity index (χ0v) is 13.7. The molecule has 23 heavy (non-hydrogen) atoms. The predicted octanol–water partition coefficient (Wildman–Crippen LogP) is 2.10. The molecule has 0 aliphatic rings. The third kappa shape index (κ3) is 7.99. The first-order chi connectivity index (χ1) is 11.0. The summed E-state index contributed by atoms with van der Waals surface area (Å²) in [6, 6.07) is 8.16. The van der Waals surface area contributed by atoms with Crippen molar-refractivity contribution in [2.75, 3.05) is 0 Å². The number of carbonyl (C=O) groups is 3. The van der Waals surface area contributed by atoms with Crippen molar-refractivity contribution in [3.8, 4) is 0 Å². The maximum Gasteiger partial charge on any atom is 0.321 e. The van der Waals surface area contributed by atoms with Gasteiger partial charge in [-0.3, -0.25) is 14.9 Å². The molecule has 1 unspecified atom stereocenters. The molecule has 1 rings (SSSR count). The quantitative estimate of drug-likeness (QED) is 0.641. The second-order valence-electron chi connectivity index (χ2n) is 5.41. The molecule has 0 saturated carbocycles. The highest BCUT2D eigenvalue weighted by Crippen LogP contribution is 2.04. The van der Waals surface area contributed by atoms with Gasteiger partial charge in [0.05, 0.1) is 0 Å². The van der Waals surface area contributed by atoms with E-state index in [9.17, 15) is 14.4 Å². The van der Waals surface area contributed by atoms with Crippen molar-refractivity contribution in [1.29, 1.82) is 0 Å². The van der Waals surface area contributed by atoms with E-state index in [1.165, 1.54) is 6.92 Å². The third-order valence-electron chi connectivity index (χ3n) is 3.32. The minimum Gasteiger partial charge on any atom is -0.345 e. The molecule has 0 radical (unpaired) electrons. The van der Waals surface area contributed by atoms with Crippen molar-refractivity contribution in [3.63, 3.8) is 0 Å². The van der Waals surface area contributed by atoms with E-state index in [1.54, 1.807) is 0 Å². The summed E-state index contributed by atoms with van der Waals surface area (Å²) in [5.74, 6) is -0.770. The topological polar surface area (TPSA) is 87.3 Å². The Labute approximate surface area is 137 Å². The first kappa shape index (κ1) is 18.7. The molecule has 4 amide bonds. The van der Waals surface area contributed by atoms with Gasteiger partial charge in [0.2, 0.25) is 5.91 Å². The third-order valence-corrected chi connectivity index (χ3v) is 3.32. The number of amides is 4. The Morgan fingerprint density at radius 2 is 1.78 bits per heavy atom. The van der Waals surface area contributed by atoms with E-state index in [4.69, 9.17) is 0 Å². The molecular weight excluding hydrogens is 294 g/mol. The van der Waals surface area contributed by atoms with Crippen molar-refractivity contribution < 1.29 is 14.4 Å². The maximum atomic E-state index is 12.1. The fourth-order valence-electron chi connectivity index (χ4n) is 2.13. The van der Waals surface area contributed by atoms with Crippen LogP contribution in [0, 0.1) is 0 Å². The van der Waals surface area contributed by atoms with Gasteiger partial charge in [-0.05, 0) is 12.0 Å². The number of imide groups is 1. The van der Waals surface area contributed by atoms with Crippen LogP contribution in [0.3, 0.4) is 0 Å². The largest absolute Gasteiger partial charge is 0.345 e. The second-order valence-corrected chi connectivity index (χ2v) is 5.41. The summed E-state index contributed by atoms with van der Waals surface area (Å²) in [5.41, 5.74) is 0.941. The molecule has 1 atom stereocenters. The van der Waals surface area contributed by atoms with Crippen LogP contribution in [0.15, 0.2) is 30.3 Å². The maximum absolute atomic E-state index is 12.1. The van der Waals surface area contributed by atoms with E-state index in [2.05, 4.69) is 22.9 Å². The Morgan fingerprint density at radius 3 is 2.39 bits per heavy atom. The van der Waals surface area contributed by atoms with Crippen LogP contribution in [0.4, 0.5) is 4.79 Å². The van der Waals surface area contributed by atoms with Crippen LogP contribution in [-0.2, 0) is 16.1 Å². The standard InChI is InChI=1S/C17H25N3O3/c1-3-4-6-11-15(19-13(2)21)16(22)20-17(23)18-12-14-9-7-5-8-10-14/h5,7-10,15H,3-4,6,11-12H2,1-2H3,(H,19,21)(H2,18,20,22,23). The van der Waals surface area contributed by atoms with Gasteiger partial charge in [-0.1, -0.05) is 56.5 Å². The van der Waals surface area contributed by atoms with Crippen LogP contribution >= 0.6 is 0 Å². The lowest BCUT2D eigenvalue weighted by atomic mass is 10.1. The average Bonchev–Trinajstić information content (AvgIpc) is 2.52. The number of hydrogen-bond acceptors (Lipinski definition) is 3. The van der Waals surface area contributed by atoms with Gasteiger partial charge in [0, 0.05) is 13.5 Å². The van der Waals surface area contributed by atoms with Crippen molar-refractivity contribution in [2.45, 2.75) is 52.1 Å². The average molecular weight is 319 g/mol. The van der Waals surface area contributed by atoms with Crippen molar-refractivity contribution in [3.05, 3.63) is 35.9 Å². The van der Waals surface area contributed by atoms with Crippen molar-refractivity contribution >= 4 is 17.8 Å². The minimum absolute atomic E-state index is 0.286. The monoisotopic (exact) mass is 319 g/mol. The zero-order valence-electron chi connectivity index (χ0n) is 13.7. The van der Waals surface area contributed by atoms with E-state index in [-0.39, 0.29) is 5.91 Å². The fraction of sp³-hybridized carbons (Fsp3) is 0.471. The molecule has 6 nitrogen and oxygen atoms in total. The molecule has 1 aromatic carbocycles. The fourth-order valence-corrected chi connectivity index (χ4v) is 2.13. The lowest BCUT2D eigenvalue weighted by Gasteiger charge is -2.17. The number of carbonyl (C=O) groups excluding carboxylic acids is 3. The minimum atomic E-state index is -0.679. The summed E-state index contributed by atoms with van der Waals surface area (Å²) < 4.78 is 0. The summed E-state index contributed by atoms with van der Waals surface area (Å²) in [7, 11) is 0. The van der Waals surface area contributed by atoms with Gasteiger partial charge in [0.25, 0.3) is 5.91 Å². The molecule has 0 spiro atoms. The first-order valence-electron chi connectivity index (χ1n) is 7.92. The van der Waals surface area contributed by atoms with E-state index < -0.39 is 18.0 Å². The van der Waals surface area contributed by atoms with E-state index in [0.29, 0.717) is 13.0 Å². The van der Waals surface area contributed by atoms with Crippen molar-refractivity contribution in [2.24, 2.45) is 0 Å². The molecule has 126 valence electrons. The van der Waals surface area contributed by atoms with Gasteiger partial charge in [0.15, 0.2) is 0 Å². The Bertz CT molecular complexity index is 517. The van der Waals surface area contributed by atoms with E-state index in [0.717, 1.165) is 24.8 Å². The summed E-state index contributed by atoms with van der Waals surface area (Å²) >= 11 is 0. The summed E-state index contributed by atoms with van der Waals surface area (Å²) in [6.07, 6.45) is 3.33. The van der Waals surface area contributed by atoms with Crippen LogP contribution in [-0.4, -0.2) is 23.9 Å². The highest BCUT2D eigenvalue weighted by molar-refractivity contribution is 5.98. The molecule has 0 heterocycles. The molecule has 1 aromatic rings. The predicted molar refractivity (Wildman–Crippen MR) is 88.6 cm³/mol. The molecule has 0 aromatic heterocycles. The van der Waals surface area contributed by atoms with Gasteiger partial charge in [-0.25, -0.2) is 4.79 Å². The highest BCUT2D eigenvalue weighted by Gasteiger charge is 2.20. The van der Waals surface area contributed by atoms with Gasteiger partial charge in [0.1, 0.15) is 6.04 Å². The molecule has 6 heteroatoms. The Kier molecular flexibility index (Phi) is 8.42. The van der Waals surface area contributed by atoms with Gasteiger partial charge >= 0.3 is 6.03 Å². The van der Waals surface area contributed by atoms with Crippen molar-refractivity contribution in [1.82, 2.24) is 16.0 Å². The number of urea groups is 1. The number of unbranched alkanes of at least 4 members (excludes halogenated alkanes) is 2. The molecule has 0 saturated heterocycles. The molecule has 0 fully saturated rings. The Hall–Kier alpha value is -2.37. The van der Waals surface area contributed by atoms with Crippen LogP contribution in [0.2, 0.25) is 0 Å². The van der Waals surface area contributed by atoms with Crippen LogP contribution in [0.5, 0.6) is 0 Å². The SMILES string of the molecule is CCCCCC(NC(C)=O)C(=O)NC(=O)NCc1ccccc1. The number of rotatable bonds is 8. The number of benzene rings is 1. The second kappa shape index (κ2) is 10.4. The summed E-state index contributed by atoms with van der Waals surface area (Å²) in [6.45, 7) is 3.75. The highest BCUT2D eigenvalue weighted by atomic mass is 16.2. The molecule has 0 aliphatic carbocycles. The molecule has 0 aliphatic heterocycles. The number of nitrogens with one attached hydrogen (secondary N) is 3. The Morgan fingerprint density at radius 1 is 1.09 bits per heavy atom. The van der Waals surface area contributed by atoms with Crippen LogP contribution in [0.1, 0.15) is 45.1 Å².